The van der Waals surface area contributed by atoms with Crippen LogP contribution >= 0.6 is 11.6 Å². The van der Waals surface area contributed by atoms with Gasteiger partial charge in [-0.15, -0.1) is 0 Å². The highest BCUT2D eigenvalue weighted by Gasteiger charge is 2.27. The summed E-state index contributed by atoms with van der Waals surface area (Å²) in [6.45, 7) is 4.72. The third-order valence-corrected chi connectivity index (χ3v) is 5.66. The normalized spacial score (nSPS) is 24.4. The molecule has 1 fully saturated rings. The van der Waals surface area contributed by atoms with Crippen LogP contribution in [0.25, 0.3) is 0 Å². The van der Waals surface area contributed by atoms with E-state index in [9.17, 15) is 8.42 Å². The summed E-state index contributed by atoms with van der Waals surface area (Å²) < 4.78 is 27.5. The van der Waals surface area contributed by atoms with Crippen molar-refractivity contribution in [1.29, 1.82) is 0 Å². The summed E-state index contributed by atoms with van der Waals surface area (Å²) in [4.78, 5) is 0.159. The Hall–Kier alpha value is -0.620. The minimum absolute atomic E-state index is 0.0877. The van der Waals surface area contributed by atoms with E-state index in [-0.39, 0.29) is 17.0 Å². The zero-order valence-electron chi connectivity index (χ0n) is 11.1. The predicted octanol–water partition coefficient (Wildman–Crippen LogP) is 2.07. The Bertz CT molecular complexity index is 560. The van der Waals surface area contributed by atoms with E-state index < -0.39 is 10.0 Å². The van der Waals surface area contributed by atoms with Gasteiger partial charge in [0.1, 0.15) is 4.90 Å². The Morgan fingerprint density at radius 2 is 2.16 bits per heavy atom. The minimum Gasteiger partial charge on any atom is -0.313 e. The van der Waals surface area contributed by atoms with Crippen molar-refractivity contribution in [3.05, 3.63) is 28.8 Å². The van der Waals surface area contributed by atoms with Crippen LogP contribution in [0.15, 0.2) is 23.1 Å². The number of rotatable bonds is 3. The average Bonchev–Trinajstić information content (AvgIpc) is 2.35. The smallest absolute Gasteiger partial charge is 0.242 e. The van der Waals surface area contributed by atoms with E-state index in [0.717, 1.165) is 24.9 Å². The van der Waals surface area contributed by atoms with E-state index in [0.29, 0.717) is 5.02 Å². The average molecular weight is 303 g/mol. The highest BCUT2D eigenvalue weighted by atomic mass is 35.5. The maximum atomic E-state index is 12.4. The molecule has 0 aliphatic carbocycles. The molecular weight excluding hydrogens is 284 g/mol. The van der Waals surface area contributed by atoms with E-state index >= 15 is 0 Å². The number of aryl methyl sites for hydroxylation is 1. The Labute approximate surface area is 119 Å². The molecule has 0 saturated carbocycles. The quantitative estimate of drug-likeness (QED) is 0.898. The maximum absolute atomic E-state index is 12.4. The molecule has 1 saturated heterocycles. The van der Waals surface area contributed by atoms with Crippen molar-refractivity contribution in [2.75, 3.05) is 6.54 Å². The van der Waals surface area contributed by atoms with E-state index in [4.69, 9.17) is 11.6 Å². The molecule has 0 amide bonds. The molecule has 1 aliphatic rings. The molecule has 2 rings (SSSR count). The first-order valence-corrected chi connectivity index (χ1v) is 8.29. The molecule has 0 radical (unpaired) electrons. The number of hydrogen-bond donors (Lipinski definition) is 2. The summed E-state index contributed by atoms with van der Waals surface area (Å²) in [5.41, 5.74) is 0.763. The van der Waals surface area contributed by atoms with Crippen LogP contribution in [0, 0.1) is 6.92 Å². The fourth-order valence-electron chi connectivity index (χ4n) is 2.30. The van der Waals surface area contributed by atoms with Crippen LogP contribution in [0.1, 0.15) is 25.3 Å². The molecule has 19 heavy (non-hydrogen) atoms. The van der Waals surface area contributed by atoms with Crippen LogP contribution in [0.5, 0.6) is 0 Å². The van der Waals surface area contributed by atoms with Gasteiger partial charge < -0.3 is 5.32 Å². The van der Waals surface area contributed by atoms with Crippen LogP contribution in [0.2, 0.25) is 5.02 Å². The van der Waals surface area contributed by atoms with Crippen molar-refractivity contribution in [2.45, 2.75) is 43.7 Å². The zero-order chi connectivity index (χ0) is 14.0. The van der Waals surface area contributed by atoms with Gasteiger partial charge in [-0.3, -0.25) is 0 Å². The first-order chi connectivity index (χ1) is 8.92. The Balaban J connectivity index is 2.25. The molecule has 1 aliphatic heterocycles. The van der Waals surface area contributed by atoms with Gasteiger partial charge >= 0.3 is 0 Å². The van der Waals surface area contributed by atoms with Crippen LogP contribution in [0.3, 0.4) is 0 Å². The maximum Gasteiger partial charge on any atom is 0.242 e. The number of halogens is 1. The topological polar surface area (TPSA) is 58.2 Å². The number of sulfonamides is 1. The molecule has 2 atom stereocenters. The van der Waals surface area contributed by atoms with Crippen molar-refractivity contribution in [3.8, 4) is 0 Å². The van der Waals surface area contributed by atoms with E-state index in [1.807, 2.05) is 6.92 Å². The molecule has 2 N–H and O–H groups in total. The second kappa shape index (κ2) is 5.79. The number of benzene rings is 1. The standard InChI is InChI=1S/C13H19ClN2O2S/c1-9-5-3-7-12(13(9)14)19(17,18)16-11-6-4-8-15-10(11)2/h3,5,7,10-11,15-16H,4,6,8H2,1-2H3. The van der Waals surface area contributed by atoms with Crippen LogP contribution < -0.4 is 10.0 Å². The molecule has 6 heteroatoms. The molecule has 2 unspecified atom stereocenters. The van der Waals surface area contributed by atoms with E-state index in [1.165, 1.54) is 0 Å². The molecule has 1 aromatic rings. The Morgan fingerprint density at radius 3 is 2.84 bits per heavy atom. The van der Waals surface area contributed by atoms with Crippen LogP contribution in [-0.2, 0) is 10.0 Å². The van der Waals surface area contributed by atoms with Crippen LogP contribution in [0.4, 0.5) is 0 Å². The zero-order valence-corrected chi connectivity index (χ0v) is 12.7. The Kier molecular flexibility index (Phi) is 4.50. The third-order valence-electron chi connectivity index (χ3n) is 3.51. The molecule has 1 heterocycles. The van der Waals surface area contributed by atoms with Crippen LogP contribution in [-0.4, -0.2) is 27.0 Å². The fourth-order valence-corrected chi connectivity index (χ4v) is 4.23. The lowest BCUT2D eigenvalue weighted by atomic mass is 10.0. The van der Waals surface area contributed by atoms with E-state index in [1.54, 1.807) is 25.1 Å². The van der Waals surface area contributed by atoms with Gasteiger partial charge in [0.05, 0.1) is 5.02 Å². The van der Waals surface area contributed by atoms with Gasteiger partial charge in [0.25, 0.3) is 0 Å². The highest BCUT2D eigenvalue weighted by Crippen LogP contribution is 2.25. The summed E-state index contributed by atoms with van der Waals surface area (Å²) in [6, 6.07) is 5.09. The molecule has 0 aromatic heterocycles. The van der Waals surface area contributed by atoms with Gasteiger partial charge in [0.2, 0.25) is 10.0 Å². The van der Waals surface area contributed by atoms with Gasteiger partial charge in [0, 0.05) is 12.1 Å². The lowest BCUT2D eigenvalue weighted by Crippen LogP contribution is -2.51. The predicted molar refractivity (Wildman–Crippen MR) is 77.0 cm³/mol. The first kappa shape index (κ1) is 14.8. The first-order valence-electron chi connectivity index (χ1n) is 6.42. The lowest BCUT2D eigenvalue weighted by molar-refractivity contribution is 0.349. The minimum atomic E-state index is -3.57. The van der Waals surface area contributed by atoms with Crippen molar-refractivity contribution >= 4 is 21.6 Å². The molecule has 0 spiro atoms. The SMILES string of the molecule is Cc1cccc(S(=O)(=O)NC2CCCNC2C)c1Cl. The highest BCUT2D eigenvalue weighted by molar-refractivity contribution is 7.89. The largest absolute Gasteiger partial charge is 0.313 e. The van der Waals surface area contributed by atoms with Gasteiger partial charge in [-0.05, 0) is 44.9 Å². The summed E-state index contributed by atoms with van der Waals surface area (Å²) in [5.74, 6) is 0. The molecule has 106 valence electrons. The fraction of sp³-hybridized carbons (Fsp3) is 0.538. The number of nitrogens with one attached hydrogen (secondary N) is 2. The number of piperidine rings is 1. The molecule has 4 nitrogen and oxygen atoms in total. The lowest BCUT2D eigenvalue weighted by Gasteiger charge is -2.30. The van der Waals surface area contributed by atoms with Crippen molar-refractivity contribution in [1.82, 2.24) is 10.0 Å². The second-order valence-corrected chi connectivity index (χ2v) is 7.06. The van der Waals surface area contributed by atoms with Crippen molar-refractivity contribution in [3.63, 3.8) is 0 Å². The summed E-state index contributed by atoms with van der Waals surface area (Å²) in [6.07, 6.45) is 1.82. The van der Waals surface area contributed by atoms with Gasteiger partial charge in [0.15, 0.2) is 0 Å². The second-order valence-electron chi connectivity index (χ2n) is 5.00. The Morgan fingerprint density at radius 1 is 1.42 bits per heavy atom. The summed E-state index contributed by atoms with van der Waals surface area (Å²) >= 11 is 6.10. The van der Waals surface area contributed by atoms with Gasteiger partial charge in [-0.1, -0.05) is 23.7 Å². The van der Waals surface area contributed by atoms with Crippen molar-refractivity contribution < 1.29 is 8.42 Å². The molecular formula is C13H19ClN2O2S. The van der Waals surface area contributed by atoms with Crippen molar-refractivity contribution in [2.24, 2.45) is 0 Å². The van der Waals surface area contributed by atoms with Gasteiger partial charge in [-0.2, -0.15) is 0 Å². The summed E-state index contributed by atoms with van der Waals surface area (Å²) in [7, 11) is -3.57. The monoisotopic (exact) mass is 302 g/mol. The van der Waals surface area contributed by atoms with E-state index in [2.05, 4.69) is 10.0 Å². The van der Waals surface area contributed by atoms with Gasteiger partial charge in [-0.25, -0.2) is 13.1 Å². The third kappa shape index (κ3) is 3.28. The molecule has 0 bridgehead atoms. The number of hydrogen-bond acceptors (Lipinski definition) is 3. The molecule has 1 aromatic carbocycles. The summed E-state index contributed by atoms with van der Waals surface area (Å²) in [5, 5.41) is 3.57.